The van der Waals surface area contributed by atoms with E-state index in [2.05, 4.69) is 15.6 Å². The number of nitrogens with zero attached hydrogens (tertiary/aromatic N) is 4. The maximum atomic E-state index is 12.3. The molecule has 0 fully saturated rings. The monoisotopic (exact) mass is 337 g/mol. The largest absolute Gasteiger partial charge is 0.369 e. The van der Waals surface area contributed by atoms with Gasteiger partial charge in [0.1, 0.15) is 0 Å². The fourth-order valence-electron chi connectivity index (χ4n) is 3.11. The van der Waals surface area contributed by atoms with Gasteiger partial charge in [0.25, 0.3) is 11.6 Å². The molecule has 0 unspecified atom stereocenters. The zero-order chi connectivity index (χ0) is 18.3. The van der Waals surface area contributed by atoms with E-state index >= 15 is 0 Å². The molecule has 0 atom stereocenters. The van der Waals surface area contributed by atoms with Crippen molar-refractivity contribution in [1.82, 2.24) is 0 Å². The quantitative estimate of drug-likeness (QED) is 0.589. The summed E-state index contributed by atoms with van der Waals surface area (Å²) in [4.78, 5) is 30.2. The van der Waals surface area contributed by atoms with Crippen molar-refractivity contribution in [3.63, 3.8) is 0 Å². The smallest absolute Gasteiger partial charge is 0.361 e. The van der Waals surface area contributed by atoms with Crippen LogP contribution in [0.3, 0.4) is 0 Å². The molecule has 0 heterocycles. The SMILES string of the molecule is [N-]=[N+]=C1C=Cc2c(cccc2-c2[c]c3c(cc2)C(=[N+]=[N-])C(=O)C=C3)C1=O. The van der Waals surface area contributed by atoms with Gasteiger partial charge in [-0.05, 0) is 52.6 Å². The number of rotatable bonds is 1. The van der Waals surface area contributed by atoms with Crippen LogP contribution in [0.5, 0.6) is 0 Å². The summed E-state index contributed by atoms with van der Waals surface area (Å²) in [5.41, 5.74) is 21.7. The van der Waals surface area contributed by atoms with E-state index in [-0.39, 0.29) is 23.0 Å². The number of benzene rings is 2. The lowest BCUT2D eigenvalue weighted by Crippen LogP contribution is -2.19. The maximum Gasteiger partial charge on any atom is 0.369 e. The topological polar surface area (TPSA) is 107 Å². The second kappa shape index (κ2) is 5.83. The van der Waals surface area contributed by atoms with Crippen molar-refractivity contribution in [1.29, 1.82) is 0 Å². The highest BCUT2D eigenvalue weighted by Crippen LogP contribution is 2.32. The molecule has 0 amide bonds. The number of carbonyl (C=O) groups is 2. The third-order valence-electron chi connectivity index (χ3n) is 4.36. The molecule has 0 aliphatic heterocycles. The van der Waals surface area contributed by atoms with E-state index in [1.807, 2.05) is 6.07 Å². The highest BCUT2D eigenvalue weighted by Gasteiger charge is 2.29. The summed E-state index contributed by atoms with van der Waals surface area (Å²) in [7, 11) is 0. The van der Waals surface area contributed by atoms with Crippen molar-refractivity contribution in [2.24, 2.45) is 0 Å². The Hall–Kier alpha value is -3.98. The molecule has 0 spiro atoms. The third-order valence-corrected chi connectivity index (χ3v) is 4.36. The summed E-state index contributed by atoms with van der Waals surface area (Å²) in [6, 6.07) is 11.9. The minimum absolute atomic E-state index is 0.0192. The Balaban J connectivity index is 1.90. The van der Waals surface area contributed by atoms with Crippen LogP contribution in [0.4, 0.5) is 0 Å². The van der Waals surface area contributed by atoms with Gasteiger partial charge in [-0.25, -0.2) is 0 Å². The predicted octanol–water partition coefficient (Wildman–Crippen LogP) is 2.65. The van der Waals surface area contributed by atoms with Crippen molar-refractivity contribution in [3.05, 3.63) is 81.9 Å². The summed E-state index contributed by atoms with van der Waals surface area (Å²) < 4.78 is 0. The van der Waals surface area contributed by atoms with Gasteiger partial charge in [-0.3, -0.25) is 9.59 Å². The molecule has 0 aromatic heterocycles. The molecule has 0 saturated heterocycles. The van der Waals surface area contributed by atoms with Gasteiger partial charge in [0, 0.05) is 11.6 Å². The van der Waals surface area contributed by atoms with Crippen LogP contribution in [0.1, 0.15) is 27.0 Å². The molecule has 6 nitrogen and oxygen atoms in total. The van der Waals surface area contributed by atoms with Gasteiger partial charge < -0.3 is 11.1 Å². The summed E-state index contributed by atoms with van der Waals surface area (Å²) >= 11 is 0. The van der Waals surface area contributed by atoms with Gasteiger partial charge in [-0.15, -0.1) is 0 Å². The molecule has 121 valence electrons. The molecule has 2 aromatic carbocycles. The van der Waals surface area contributed by atoms with Crippen LogP contribution in [0, 0.1) is 6.07 Å². The Bertz CT molecular complexity index is 1170. The fourth-order valence-corrected chi connectivity index (χ4v) is 3.11. The van der Waals surface area contributed by atoms with Gasteiger partial charge >= 0.3 is 11.4 Å². The first-order valence-electron chi connectivity index (χ1n) is 7.73. The minimum Gasteiger partial charge on any atom is -0.361 e. The van der Waals surface area contributed by atoms with Crippen molar-refractivity contribution < 1.29 is 19.2 Å². The standard InChI is InChI=1S/C20H9N4O2/c21-23-17-8-7-15-13(2-1-3-16(15)20(17)26)11-4-6-14-12(10-11)5-9-18(25)19(14)24-22/h1-9H. The zero-order valence-electron chi connectivity index (χ0n) is 13.3. The predicted molar refractivity (Wildman–Crippen MR) is 94.5 cm³/mol. The first kappa shape index (κ1) is 15.5. The third kappa shape index (κ3) is 2.23. The molecule has 1 radical (unpaired) electrons. The maximum absolute atomic E-state index is 12.3. The Morgan fingerprint density at radius 1 is 0.808 bits per heavy atom. The van der Waals surface area contributed by atoms with Crippen LogP contribution in [0.2, 0.25) is 0 Å². The first-order chi connectivity index (χ1) is 12.6. The lowest BCUT2D eigenvalue weighted by Gasteiger charge is -2.14. The number of fused-ring (bicyclic) bond motifs is 2. The Kier molecular flexibility index (Phi) is 3.48. The molecule has 2 aliphatic rings. The van der Waals surface area contributed by atoms with Crippen LogP contribution < -0.4 is 0 Å². The van der Waals surface area contributed by atoms with Crippen LogP contribution >= 0.6 is 0 Å². The van der Waals surface area contributed by atoms with E-state index in [4.69, 9.17) is 11.1 Å². The molecule has 0 N–H and O–H groups in total. The molecule has 2 aliphatic carbocycles. The van der Waals surface area contributed by atoms with E-state index in [0.717, 1.165) is 11.1 Å². The van der Waals surface area contributed by atoms with Gasteiger partial charge in [-0.2, -0.15) is 9.58 Å². The lowest BCUT2D eigenvalue weighted by molar-refractivity contribution is -0.112. The number of ketones is 2. The number of hydrogen-bond donors (Lipinski definition) is 0. The average Bonchev–Trinajstić information content (AvgIpc) is 2.67. The normalized spacial score (nSPS) is 14.6. The summed E-state index contributed by atoms with van der Waals surface area (Å²) in [6.07, 6.45) is 6.12. The minimum atomic E-state index is -0.373. The summed E-state index contributed by atoms with van der Waals surface area (Å²) in [5, 5.41) is 0. The van der Waals surface area contributed by atoms with Gasteiger partial charge in [0.05, 0.1) is 5.56 Å². The number of Topliss-reactive ketones (excluding diaryl/α,β-unsaturated/α-hetero) is 1. The van der Waals surface area contributed by atoms with E-state index in [1.54, 1.807) is 36.4 Å². The summed E-state index contributed by atoms with van der Waals surface area (Å²) in [6.45, 7) is 0. The van der Waals surface area contributed by atoms with Gasteiger partial charge in [-0.1, -0.05) is 24.3 Å². The molecular formula is C20H9N4O2. The molecular weight excluding hydrogens is 328 g/mol. The second-order valence-electron chi connectivity index (χ2n) is 5.76. The van der Waals surface area contributed by atoms with Crippen molar-refractivity contribution in [3.8, 4) is 11.1 Å². The highest BCUT2D eigenvalue weighted by molar-refractivity contribution is 6.51. The van der Waals surface area contributed by atoms with Crippen molar-refractivity contribution >= 4 is 35.1 Å². The van der Waals surface area contributed by atoms with E-state index in [0.29, 0.717) is 22.3 Å². The Morgan fingerprint density at radius 3 is 2.38 bits per heavy atom. The van der Waals surface area contributed by atoms with Crippen LogP contribution in [0.15, 0.2) is 42.5 Å². The first-order valence-corrected chi connectivity index (χ1v) is 7.73. The van der Waals surface area contributed by atoms with Crippen LogP contribution in [-0.2, 0) is 4.79 Å². The number of carbonyl (C=O) groups excluding carboxylic acids is 2. The van der Waals surface area contributed by atoms with Gasteiger partial charge in [0.2, 0.25) is 0 Å². The van der Waals surface area contributed by atoms with E-state index in [1.165, 1.54) is 12.2 Å². The van der Waals surface area contributed by atoms with E-state index in [9.17, 15) is 9.59 Å². The zero-order valence-corrected chi connectivity index (χ0v) is 13.3. The molecule has 0 bridgehead atoms. The molecule has 26 heavy (non-hydrogen) atoms. The highest BCUT2D eigenvalue weighted by atomic mass is 16.1. The summed E-state index contributed by atoms with van der Waals surface area (Å²) in [5.74, 6) is -0.729. The van der Waals surface area contributed by atoms with Gasteiger partial charge in [0.15, 0.2) is 0 Å². The van der Waals surface area contributed by atoms with Crippen LogP contribution in [-0.4, -0.2) is 32.6 Å². The number of hydrogen-bond acceptors (Lipinski definition) is 2. The van der Waals surface area contributed by atoms with Crippen LogP contribution in [0.25, 0.3) is 34.3 Å². The average molecular weight is 337 g/mol. The van der Waals surface area contributed by atoms with E-state index < -0.39 is 0 Å². The Labute approximate surface area is 148 Å². The molecule has 4 rings (SSSR count). The molecule has 2 aromatic rings. The second-order valence-corrected chi connectivity index (χ2v) is 5.76. The van der Waals surface area contributed by atoms with Crippen molar-refractivity contribution in [2.75, 3.05) is 0 Å². The Morgan fingerprint density at radius 2 is 1.62 bits per heavy atom. The molecule has 0 saturated carbocycles. The fraction of sp³-hybridized carbons (Fsp3) is 0. The lowest BCUT2D eigenvalue weighted by atomic mass is 9.86. The molecule has 6 heteroatoms. The number of allylic oxidation sites excluding steroid dienone is 2. The van der Waals surface area contributed by atoms with Crippen molar-refractivity contribution in [2.45, 2.75) is 0 Å².